The highest BCUT2D eigenvalue weighted by molar-refractivity contribution is 8.01. The zero-order valence-corrected chi connectivity index (χ0v) is 18.3. The van der Waals surface area contributed by atoms with E-state index in [2.05, 4.69) is 39.9 Å². The summed E-state index contributed by atoms with van der Waals surface area (Å²) in [5.74, 6) is 0.506. The van der Waals surface area contributed by atoms with Gasteiger partial charge in [-0.2, -0.15) is 0 Å². The van der Waals surface area contributed by atoms with Gasteiger partial charge in [0.05, 0.1) is 5.75 Å². The second-order valence-corrected chi connectivity index (χ2v) is 8.89. The van der Waals surface area contributed by atoms with Crippen LogP contribution in [-0.4, -0.2) is 27.0 Å². The van der Waals surface area contributed by atoms with E-state index in [1.54, 1.807) is 0 Å². The predicted octanol–water partition coefficient (Wildman–Crippen LogP) is 4.58. The summed E-state index contributed by atoms with van der Waals surface area (Å²) in [6.07, 6.45) is 1.01. The fourth-order valence-corrected chi connectivity index (χ4v) is 4.39. The van der Waals surface area contributed by atoms with Crippen molar-refractivity contribution in [1.29, 1.82) is 0 Å². The van der Waals surface area contributed by atoms with Gasteiger partial charge >= 0.3 is 0 Å². The van der Waals surface area contributed by atoms with Gasteiger partial charge in [-0.3, -0.25) is 4.79 Å². The molecule has 8 heteroatoms. The van der Waals surface area contributed by atoms with E-state index in [0.717, 1.165) is 33.1 Å². The molecule has 29 heavy (non-hydrogen) atoms. The number of hydrogen-bond donors (Lipinski definition) is 3. The summed E-state index contributed by atoms with van der Waals surface area (Å²) in [7, 11) is 0. The summed E-state index contributed by atoms with van der Waals surface area (Å²) in [4.78, 5) is 12.1. The number of rotatable bonds is 8. The molecule has 0 saturated heterocycles. The van der Waals surface area contributed by atoms with Crippen LogP contribution in [0.2, 0.25) is 0 Å². The van der Waals surface area contributed by atoms with Gasteiger partial charge < -0.3 is 15.7 Å². The van der Waals surface area contributed by atoms with Crippen LogP contribution >= 0.6 is 23.1 Å². The maximum Gasteiger partial charge on any atom is 0.230 e. The summed E-state index contributed by atoms with van der Waals surface area (Å²) < 4.78 is 0.740. The number of benzene rings is 2. The summed E-state index contributed by atoms with van der Waals surface area (Å²) in [6.45, 7) is 6.25. The summed E-state index contributed by atoms with van der Waals surface area (Å²) in [6, 6.07) is 12.0. The van der Waals surface area contributed by atoms with Gasteiger partial charge in [-0.1, -0.05) is 54.3 Å². The van der Waals surface area contributed by atoms with E-state index < -0.39 is 0 Å². The number of hydrogen-bond acceptors (Lipinski definition) is 7. The Kier molecular flexibility index (Phi) is 7.11. The average molecular weight is 429 g/mol. The first-order chi connectivity index (χ1) is 13.9. The van der Waals surface area contributed by atoms with Crippen molar-refractivity contribution >= 4 is 39.8 Å². The van der Waals surface area contributed by atoms with Crippen molar-refractivity contribution in [3.8, 4) is 5.75 Å². The number of phenolic OH excluding ortho intramolecular Hbond substituents is 1. The van der Waals surface area contributed by atoms with Crippen LogP contribution in [0.3, 0.4) is 0 Å². The quantitative estimate of drug-likeness (QED) is 0.456. The lowest BCUT2D eigenvalue weighted by atomic mass is 10.1. The number of nitrogens with one attached hydrogen (secondary N) is 2. The van der Waals surface area contributed by atoms with Crippen molar-refractivity contribution in [2.24, 2.45) is 0 Å². The van der Waals surface area contributed by atoms with E-state index in [0.29, 0.717) is 17.4 Å². The molecule has 2 aromatic carbocycles. The Morgan fingerprint density at radius 1 is 1.10 bits per heavy atom. The number of carbonyl (C=O) groups is 1. The van der Waals surface area contributed by atoms with E-state index in [1.807, 2.05) is 38.1 Å². The monoisotopic (exact) mass is 428 g/mol. The Morgan fingerprint density at radius 2 is 1.79 bits per heavy atom. The second kappa shape index (κ2) is 9.76. The first-order valence-electron chi connectivity index (χ1n) is 9.32. The molecule has 3 aromatic rings. The van der Waals surface area contributed by atoms with Gasteiger partial charge in [0, 0.05) is 12.2 Å². The molecule has 0 unspecified atom stereocenters. The zero-order valence-electron chi connectivity index (χ0n) is 16.7. The van der Waals surface area contributed by atoms with Gasteiger partial charge in [-0.15, -0.1) is 10.2 Å². The molecule has 152 valence electrons. The molecular weight excluding hydrogens is 404 g/mol. The Morgan fingerprint density at radius 3 is 2.45 bits per heavy atom. The Hall–Kier alpha value is -2.58. The first kappa shape index (κ1) is 21.1. The lowest BCUT2D eigenvalue weighted by Gasteiger charge is -2.09. The van der Waals surface area contributed by atoms with Gasteiger partial charge in [0.2, 0.25) is 11.0 Å². The van der Waals surface area contributed by atoms with Crippen LogP contribution in [0.15, 0.2) is 40.7 Å². The summed E-state index contributed by atoms with van der Waals surface area (Å²) in [5.41, 5.74) is 4.83. The van der Waals surface area contributed by atoms with Crippen LogP contribution in [-0.2, 0) is 17.8 Å². The van der Waals surface area contributed by atoms with Crippen molar-refractivity contribution in [1.82, 2.24) is 15.5 Å². The normalized spacial score (nSPS) is 10.7. The molecule has 3 N–H and O–H groups in total. The minimum absolute atomic E-state index is 0.0711. The van der Waals surface area contributed by atoms with E-state index >= 15 is 0 Å². The molecule has 1 amide bonds. The number of anilines is 2. The molecule has 0 radical (unpaired) electrons. The van der Waals surface area contributed by atoms with Crippen LogP contribution in [0.4, 0.5) is 10.8 Å². The number of carbonyl (C=O) groups excluding carboxylic acids is 1. The van der Waals surface area contributed by atoms with Gasteiger partial charge in [-0.25, -0.2) is 0 Å². The summed E-state index contributed by atoms with van der Waals surface area (Å²) in [5, 5.41) is 24.9. The largest absolute Gasteiger partial charge is 0.507 e. The lowest BCUT2D eigenvalue weighted by molar-refractivity contribution is -0.118. The van der Waals surface area contributed by atoms with Gasteiger partial charge in [0.15, 0.2) is 4.34 Å². The first-order valence-corrected chi connectivity index (χ1v) is 11.1. The maximum absolute atomic E-state index is 12.1. The molecule has 0 saturated carbocycles. The smallest absolute Gasteiger partial charge is 0.230 e. The molecule has 0 aliphatic carbocycles. The van der Waals surface area contributed by atoms with Gasteiger partial charge in [0.1, 0.15) is 5.75 Å². The minimum atomic E-state index is -0.0711. The Labute approximate surface area is 178 Å². The van der Waals surface area contributed by atoms with E-state index in [-0.39, 0.29) is 11.7 Å². The van der Waals surface area contributed by atoms with Gasteiger partial charge in [-0.05, 0) is 54.7 Å². The molecular formula is C21H24N4O2S2. The van der Waals surface area contributed by atoms with E-state index in [1.165, 1.54) is 28.7 Å². The van der Waals surface area contributed by atoms with Crippen molar-refractivity contribution < 1.29 is 9.90 Å². The average Bonchev–Trinajstić information content (AvgIpc) is 3.16. The van der Waals surface area contributed by atoms with Crippen LogP contribution in [0.25, 0.3) is 0 Å². The third-order valence-electron chi connectivity index (χ3n) is 4.39. The highest BCUT2D eigenvalue weighted by atomic mass is 32.2. The van der Waals surface area contributed by atoms with Crippen molar-refractivity contribution in [3.05, 3.63) is 58.7 Å². The lowest BCUT2D eigenvalue weighted by Crippen LogP contribution is -2.24. The fourth-order valence-electron chi connectivity index (χ4n) is 2.79. The third kappa shape index (κ3) is 5.95. The Bertz CT molecular complexity index is 964. The molecule has 1 heterocycles. The van der Waals surface area contributed by atoms with Crippen LogP contribution in [0, 0.1) is 13.8 Å². The van der Waals surface area contributed by atoms with Crippen molar-refractivity contribution in [2.45, 2.75) is 38.1 Å². The number of nitrogens with zero attached hydrogens (tertiary/aromatic N) is 2. The second-order valence-electron chi connectivity index (χ2n) is 6.69. The minimum Gasteiger partial charge on any atom is -0.507 e. The van der Waals surface area contributed by atoms with Crippen LogP contribution < -0.4 is 10.6 Å². The third-order valence-corrected chi connectivity index (χ3v) is 6.36. The molecule has 6 nitrogen and oxygen atoms in total. The number of phenols is 1. The van der Waals surface area contributed by atoms with E-state index in [9.17, 15) is 9.90 Å². The number of aromatic hydroxyl groups is 1. The molecule has 1 aromatic heterocycles. The summed E-state index contributed by atoms with van der Waals surface area (Å²) >= 11 is 2.78. The molecule has 0 spiro atoms. The highest BCUT2D eigenvalue weighted by Gasteiger charge is 2.09. The standard InChI is InChI=1S/C21H24N4O2S2/c1-4-15-5-7-17(8-6-15)23-20-24-25-21(29-20)28-12-18(26)22-11-16-9-13(2)19(27)14(3)10-16/h5-10,27H,4,11-12H2,1-3H3,(H,22,26)(H,23,24). The van der Waals surface area contributed by atoms with Crippen molar-refractivity contribution in [3.63, 3.8) is 0 Å². The van der Waals surface area contributed by atoms with E-state index in [4.69, 9.17) is 0 Å². The molecule has 0 fully saturated rings. The number of aromatic nitrogens is 2. The van der Waals surface area contributed by atoms with Crippen LogP contribution in [0.1, 0.15) is 29.2 Å². The van der Waals surface area contributed by atoms with Crippen molar-refractivity contribution in [2.75, 3.05) is 11.1 Å². The van der Waals surface area contributed by atoms with Crippen LogP contribution in [0.5, 0.6) is 5.75 Å². The molecule has 0 aliphatic heterocycles. The number of thioether (sulfide) groups is 1. The molecule has 0 bridgehead atoms. The fraction of sp³-hybridized carbons (Fsp3) is 0.286. The maximum atomic E-state index is 12.1. The highest BCUT2D eigenvalue weighted by Crippen LogP contribution is 2.28. The topological polar surface area (TPSA) is 87.1 Å². The Balaban J connectivity index is 1.47. The predicted molar refractivity (Wildman–Crippen MR) is 119 cm³/mol. The number of aryl methyl sites for hydroxylation is 3. The van der Waals surface area contributed by atoms with Gasteiger partial charge in [0.25, 0.3) is 0 Å². The molecule has 0 atom stereocenters. The molecule has 0 aliphatic rings. The SMILES string of the molecule is CCc1ccc(Nc2nnc(SCC(=O)NCc3cc(C)c(O)c(C)c3)s2)cc1. The zero-order chi connectivity index (χ0) is 20.8. The molecule has 3 rings (SSSR count). The number of amides is 1.